The second kappa shape index (κ2) is 5.18. The topological polar surface area (TPSA) is 77.8 Å². The van der Waals surface area contributed by atoms with Crippen molar-refractivity contribution < 1.29 is 19.8 Å². The standard InChI is InChI=1S/C13H15NO4/c15-8-10-4-2-1-3-9(10)6-14-7-11(13(17)18)5-12(14)16/h1-4,11,15H,5-8H2,(H,17,18). The molecule has 1 atom stereocenters. The lowest BCUT2D eigenvalue weighted by atomic mass is 10.1. The third-order valence-corrected chi connectivity index (χ3v) is 3.21. The van der Waals surface area contributed by atoms with E-state index in [2.05, 4.69) is 0 Å². The fourth-order valence-corrected chi connectivity index (χ4v) is 2.16. The highest BCUT2D eigenvalue weighted by molar-refractivity contribution is 5.86. The van der Waals surface area contributed by atoms with Crippen molar-refractivity contribution >= 4 is 11.9 Å². The van der Waals surface area contributed by atoms with Crippen LogP contribution < -0.4 is 0 Å². The Morgan fingerprint density at radius 2 is 2.00 bits per heavy atom. The molecule has 1 fully saturated rings. The molecule has 0 aliphatic carbocycles. The Balaban J connectivity index is 2.10. The van der Waals surface area contributed by atoms with E-state index in [0.717, 1.165) is 11.1 Å². The van der Waals surface area contributed by atoms with Gasteiger partial charge in [0, 0.05) is 19.5 Å². The summed E-state index contributed by atoms with van der Waals surface area (Å²) in [7, 11) is 0. The van der Waals surface area contributed by atoms with Crippen LogP contribution in [0.2, 0.25) is 0 Å². The molecule has 5 heteroatoms. The molecular formula is C13H15NO4. The molecule has 5 nitrogen and oxygen atoms in total. The summed E-state index contributed by atoms with van der Waals surface area (Å²) in [5.74, 6) is -1.68. The van der Waals surface area contributed by atoms with Gasteiger partial charge in [-0.15, -0.1) is 0 Å². The van der Waals surface area contributed by atoms with Crippen molar-refractivity contribution in [2.75, 3.05) is 6.54 Å². The Kier molecular flexibility index (Phi) is 3.62. The Morgan fingerprint density at radius 3 is 2.56 bits per heavy atom. The molecule has 2 rings (SSSR count). The highest BCUT2D eigenvalue weighted by Gasteiger charge is 2.34. The zero-order valence-corrected chi connectivity index (χ0v) is 9.87. The van der Waals surface area contributed by atoms with Gasteiger partial charge in [-0.25, -0.2) is 0 Å². The maximum Gasteiger partial charge on any atom is 0.308 e. The van der Waals surface area contributed by atoms with Crippen LogP contribution in [0.5, 0.6) is 0 Å². The summed E-state index contributed by atoms with van der Waals surface area (Å²) in [5, 5.41) is 18.1. The molecule has 18 heavy (non-hydrogen) atoms. The SMILES string of the molecule is O=C(O)C1CC(=O)N(Cc2ccccc2CO)C1. The zero-order chi connectivity index (χ0) is 13.1. The normalized spacial score (nSPS) is 19.3. The van der Waals surface area contributed by atoms with E-state index in [1.54, 1.807) is 6.07 Å². The molecule has 1 amide bonds. The molecule has 2 N–H and O–H groups in total. The minimum absolute atomic E-state index is 0.0661. The van der Waals surface area contributed by atoms with Gasteiger partial charge in [0.1, 0.15) is 0 Å². The van der Waals surface area contributed by atoms with Gasteiger partial charge in [-0.1, -0.05) is 24.3 Å². The van der Waals surface area contributed by atoms with Gasteiger partial charge in [0.2, 0.25) is 5.91 Å². The maximum absolute atomic E-state index is 11.7. The Bertz CT molecular complexity index is 472. The number of aliphatic carboxylic acids is 1. The van der Waals surface area contributed by atoms with Crippen LogP contribution in [-0.4, -0.2) is 33.5 Å². The third-order valence-electron chi connectivity index (χ3n) is 3.21. The molecule has 1 unspecified atom stereocenters. The van der Waals surface area contributed by atoms with E-state index in [1.807, 2.05) is 18.2 Å². The van der Waals surface area contributed by atoms with Gasteiger partial charge in [0.15, 0.2) is 0 Å². The summed E-state index contributed by atoms with van der Waals surface area (Å²) in [6.07, 6.45) is 0.0661. The minimum atomic E-state index is -0.929. The highest BCUT2D eigenvalue weighted by atomic mass is 16.4. The van der Waals surface area contributed by atoms with Crippen molar-refractivity contribution in [1.82, 2.24) is 4.90 Å². The molecule has 0 bridgehead atoms. The Morgan fingerprint density at radius 1 is 1.33 bits per heavy atom. The fraction of sp³-hybridized carbons (Fsp3) is 0.385. The fourth-order valence-electron chi connectivity index (χ4n) is 2.16. The largest absolute Gasteiger partial charge is 0.481 e. The van der Waals surface area contributed by atoms with Gasteiger partial charge in [-0.3, -0.25) is 9.59 Å². The number of amides is 1. The van der Waals surface area contributed by atoms with Crippen LogP contribution >= 0.6 is 0 Å². The molecule has 0 aromatic heterocycles. The number of carboxylic acids is 1. The summed E-state index contributed by atoms with van der Waals surface area (Å²) in [5.41, 5.74) is 1.63. The van der Waals surface area contributed by atoms with Crippen molar-refractivity contribution in [3.63, 3.8) is 0 Å². The van der Waals surface area contributed by atoms with Crippen LogP contribution in [0.4, 0.5) is 0 Å². The summed E-state index contributed by atoms with van der Waals surface area (Å²) >= 11 is 0. The lowest BCUT2D eigenvalue weighted by Crippen LogP contribution is -2.26. The summed E-state index contributed by atoms with van der Waals surface area (Å²) in [6.45, 7) is 0.522. The van der Waals surface area contributed by atoms with Crippen molar-refractivity contribution in [3.8, 4) is 0 Å². The van der Waals surface area contributed by atoms with Crippen molar-refractivity contribution in [2.24, 2.45) is 5.92 Å². The van der Waals surface area contributed by atoms with Crippen LogP contribution in [0.3, 0.4) is 0 Å². The zero-order valence-electron chi connectivity index (χ0n) is 9.87. The van der Waals surface area contributed by atoms with Crippen LogP contribution in [0.1, 0.15) is 17.5 Å². The molecule has 1 aliphatic heterocycles. The van der Waals surface area contributed by atoms with E-state index in [4.69, 9.17) is 5.11 Å². The molecule has 0 saturated carbocycles. The Hall–Kier alpha value is -1.88. The summed E-state index contributed by atoms with van der Waals surface area (Å²) < 4.78 is 0. The number of hydrogen-bond acceptors (Lipinski definition) is 3. The molecule has 1 aromatic rings. The van der Waals surface area contributed by atoms with Crippen molar-refractivity contribution in [1.29, 1.82) is 0 Å². The monoisotopic (exact) mass is 249 g/mol. The van der Waals surface area contributed by atoms with Crippen LogP contribution in [0, 0.1) is 5.92 Å². The van der Waals surface area contributed by atoms with E-state index < -0.39 is 11.9 Å². The highest BCUT2D eigenvalue weighted by Crippen LogP contribution is 2.21. The van der Waals surface area contributed by atoms with Crippen molar-refractivity contribution in [2.45, 2.75) is 19.6 Å². The number of aliphatic hydroxyl groups is 1. The van der Waals surface area contributed by atoms with Gasteiger partial charge >= 0.3 is 5.97 Å². The molecule has 0 spiro atoms. The molecule has 1 saturated heterocycles. The molecular weight excluding hydrogens is 234 g/mol. The summed E-state index contributed by atoms with van der Waals surface area (Å²) in [4.78, 5) is 24.1. The van der Waals surface area contributed by atoms with Gasteiger partial charge in [-0.2, -0.15) is 0 Å². The van der Waals surface area contributed by atoms with Gasteiger partial charge in [0.25, 0.3) is 0 Å². The van der Waals surface area contributed by atoms with Crippen LogP contribution in [-0.2, 0) is 22.7 Å². The minimum Gasteiger partial charge on any atom is -0.481 e. The third kappa shape index (κ3) is 2.51. The predicted octanol–water partition coefficient (Wildman–Crippen LogP) is 0.612. The first-order valence-corrected chi connectivity index (χ1v) is 5.80. The second-order valence-corrected chi connectivity index (χ2v) is 4.44. The molecule has 0 radical (unpaired) electrons. The first kappa shape index (κ1) is 12.6. The first-order chi connectivity index (χ1) is 8.61. The first-order valence-electron chi connectivity index (χ1n) is 5.80. The quantitative estimate of drug-likeness (QED) is 0.819. The maximum atomic E-state index is 11.7. The smallest absolute Gasteiger partial charge is 0.308 e. The van der Waals surface area contributed by atoms with E-state index >= 15 is 0 Å². The lowest BCUT2D eigenvalue weighted by molar-refractivity contribution is -0.141. The number of carboxylic acid groups (broad SMARTS) is 1. The van der Waals surface area contributed by atoms with Crippen molar-refractivity contribution in [3.05, 3.63) is 35.4 Å². The summed E-state index contributed by atoms with van der Waals surface area (Å²) in [6, 6.07) is 7.29. The van der Waals surface area contributed by atoms with E-state index in [-0.39, 0.29) is 25.5 Å². The number of likely N-dealkylation sites (tertiary alicyclic amines) is 1. The van der Waals surface area contributed by atoms with Gasteiger partial charge in [0.05, 0.1) is 12.5 Å². The number of aliphatic hydroxyl groups excluding tert-OH is 1. The number of hydrogen-bond donors (Lipinski definition) is 2. The molecule has 1 aromatic carbocycles. The average Bonchev–Trinajstić information content (AvgIpc) is 2.72. The van der Waals surface area contributed by atoms with E-state index in [1.165, 1.54) is 4.90 Å². The second-order valence-electron chi connectivity index (χ2n) is 4.44. The predicted molar refractivity (Wildman–Crippen MR) is 63.5 cm³/mol. The molecule has 96 valence electrons. The molecule has 1 aliphatic rings. The van der Waals surface area contributed by atoms with Gasteiger partial charge < -0.3 is 15.1 Å². The van der Waals surface area contributed by atoms with E-state index in [0.29, 0.717) is 6.54 Å². The Labute approximate surface area is 105 Å². The van der Waals surface area contributed by atoms with Gasteiger partial charge in [-0.05, 0) is 11.1 Å². The number of nitrogens with zero attached hydrogens (tertiary/aromatic N) is 1. The van der Waals surface area contributed by atoms with Crippen LogP contribution in [0.15, 0.2) is 24.3 Å². The average molecular weight is 249 g/mol. The lowest BCUT2D eigenvalue weighted by Gasteiger charge is -2.17. The number of carbonyl (C=O) groups excluding carboxylic acids is 1. The van der Waals surface area contributed by atoms with E-state index in [9.17, 15) is 14.7 Å². The number of benzene rings is 1. The number of carbonyl (C=O) groups is 2. The van der Waals surface area contributed by atoms with Crippen LogP contribution in [0.25, 0.3) is 0 Å². The number of rotatable bonds is 4. The molecule has 1 heterocycles.